The summed E-state index contributed by atoms with van der Waals surface area (Å²) in [5.74, 6) is -0.381. The van der Waals surface area contributed by atoms with E-state index in [1.807, 2.05) is 24.3 Å². The fraction of sp³-hybridized carbons (Fsp3) is 0.462. The average molecular weight is 472 g/mol. The van der Waals surface area contributed by atoms with Crippen LogP contribution < -0.4 is 10.6 Å². The van der Waals surface area contributed by atoms with Crippen molar-refractivity contribution in [2.75, 3.05) is 18.4 Å². The zero-order chi connectivity index (χ0) is 23.2. The highest BCUT2D eigenvalue weighted by Gasteiger charge is 2.29. The summed E-state index contributed by atoms with van der Waals surface area (Å²) < 4.78 is 13.2. The predicted octanol–water partition coefficient (Wildman–Crippen LogP) is 4.93. The molecule has 1 unspecified atom stereocenters. The summed E-state index contributed by atoms with van der Waals surface area (Å²) in [6, 6.07) is 12.1. The fourth-order valence-electron chi connectivity index (χ4n) is 4.81. The van der Waals surface area contributed by atoms with Crippen molar-refractivity contribution in [1.82, 2.24) is 10.2 Å². The van der Waals surface area contributed by atoms with Crippen molar-refractivity contribution in [3.05, 3.63) is 64.4 Å². The molecule has 176 valence electrons. The predicted molar refractivity (Wildman–Crippen MR) is 129 cm³/mol. The van der Waals surface area contributed by atoms with Gasteiger partial charge in [-0.05, 0) is 61.2 Å². The van der Waals surface area contributed by atoms with Crippen LogP contribution in [0.15, 0.2) is 42.5 Å². The number of carbonyl (C=O) groups is 2. The van der Waals surface area contributed by atoms with Crippen molar-refractivity contribution in [2.24, 2.45) is 5.92 Å². The van der Waals surface area contributed by atoms with E-state index in [-0.39, 0.29) is 29.2 Å². The van der Waals surface area contributed by atoms with Gasteiger partial charge in [0.25, 0.3) is 0 Å². The van der Waals surface area contributed by atoms with Crippen LogP contribution in [-0.2, 0) is 22.6 Å². The van der Waals surface area contributed by atoms with Crippen LogP contribution in [0.2, 0.25) is 5.02 Å². The SMILES string of the molecule is O=C(Cc1ccc(F)cc1Cl)Nc1cccc(CN2CCC(C(=O)NC3CCCCC3)C2)c1. The van der Waals surface area contributed by atoms with Gasteiger partial charge >= 0.3 is 0 Å². The molecule has 1 aliphatic heterocycles. The van der Waals surface area contributed by atoms with Crippen LogP contribution >= 0.6 is 11.6 Å². The normalized spacial score (nSPS) is 19.4. The lowest BCUT2D eigenvalue weighted by atomic mass is 9.95. The lowest BCUT2D eigenvalue weighted by molar-refractivity contribution is -0.125. The largest absolute Gasteiger partial charge is 0.353 e. The Kier molecular flexibility index (Phi) is 7.99. The van der Waals surface area contributed by atoms with Gasteiger partial charge in [-0.3, -0.25) is 14.5 Å². The maximum atomic E-state index is 13.2. The van der Waals surface area contributed by atoms with E-state index in [0.29, 0.717) is 17.3 Å². The van der Waals surface area contributed by atoms with Gasteiger partial charge in [-0.25, -0.2) is 4.39 Å². The molecule has 2 aromatic rings. The van der Waals surface area contributed by atoms with Gasteiger partial charge in [-0.1, -0.05) is 49.1 Å². The molecule has 0 radical (unpaired) electrons. The monoisotopic (exact) mass is 471 g/mol. The molecule has 1 saturated heterocycles. The Bertz CT molecular complexity index is 993. The highest BCUT2D eigenvalue weighted by atomic mass is 35.5. The first-order valence-corrected chi connectivity index (χ1v) is 12.2. The van der Waals surface area contributed by atoms with E-state index in [4.69, 9.17) is 11.6 Å². The first-order chi connectivity index (χ1) is 16.0. The second-order valence-electron chi connectivity index (χ2n) is 9.23. The molecular formula is C26H31ClFN3O2. The zero-order valence-corrected chi connectivity index (χ0v) is 19.5. The molecule has 1 heterocycles. The van der Waals surface area contributed by atoms with Crippen LogP contribution in [0, 0.1) is 11.7 Å². The second-order valence-corrected chi connectivity index (χ2v) is 9.63. The summed E-state index contributed by atoms with van der Waals surface area (Å²) in [5, 5.41) is 6.40. The molecule has 1 atom stereocenters. The molecule has 2 aliphatic rings. The minimum absolute atomic E-state index is 0.0512. The number of amides is 2. The molecule has 2 fully saturated rings. The lowest BCUT2D eigenvalue weighted by Gasteiger charge is -2.24. The van der Waals surface area contributed by atoms with Crippen molar-refractivity contribution < 1.29 is 14.0 Å². The first-order valence-electron chi connectivity index (χ1n) is 11.8. The number of nitrogens with one attached hydrogen (secondary N) is 2. The topological polar surface area (TPSA) is 61.4 Å². The van der Waals surface area contributed by atoms with Crippen molar-refractivity contribution >= 4 is 29.1 Å². The van der Waals surface area contributed by atoms with E-state index in [1.54, 1.807) is 0 Å². The van der Waals surface area contributed by atoms with Gasteiger partial charge in [-0.15, -0.1) is 0 Å². The van der Waals surface area contributed by atoms with E-state index < -0.39 is 5.82 Å². The molecule has 2 amide bonds. The summed E-state index contributed by atoms with van der Waals surface area (Å²) in [5.41, 5.74) is 2.38. The standard InChI is InChI=1S/C26H31ClFN3O2/c27-24-15-21(28)10-9-19(24)14-25(32)29-23-8-4-5-18(13-23)16-31-12-11-20(17-31)26(33)30-22-6-2-1-3-7-22/h4-5,8-10,13,15,20,22H,1-3,6-7,11-12,14,16-17H2,(H,29,32)(H,30,33). The number of hydrogen-bond acceptors (Lipinski definition) is 3. The van der Waals surface area contributed by atoms with E-state index in [9.17, 15) is 14.0 Å². The highest BCUT2D eigenvalue weighted by Crippen LogP contribution is 2.23. The minimum atomic E-state index is -0.424. The maximum Gasteiger partial charge on any atom is 0.228 e. The molecule has 4 rings (SSSR count). The summed E-state index contributed by atoms with van der Waals surface area (Å²) in [7, 11) is 0. The Hall–Kier alpha value is -2.44. The number of carbonyl (C=O) groups excluding carboxylic acids is 2. The van der Waals surface area contributed by atoms with Crippen LogP contribution in [-0.4, -0.2) is 35.8 Å². The first kappa shape index (κ1) is 23.7. The zero-order valence-electron chi connectivity index (χ0n) is 18.8. The average Bonchev–Trinajstić information content (AvgIpc) is 3.25. The molecule has 0 bridgehead atoms. The molecule has 33 heavy (non-hydrogen) atoms. The maximum absolute atomic E-state index is 13.2. The molecule has 2 aromatic carbocycles. The Labute approximate surface area is 199 Å². The minimum Gasteiger partial charge on any atom is -0.353 e. The van der Waals surface area contributed by atoms with Crippen molar-refractivity contribution in [3.63, 3.8) is 0 Å². The van der Waals surface area contributed by atoms with Gasteiger partial charge in [-0.2, -0.15) is 0 Å². The fourth-order valence-corrected chi connectivity index (χ4v) is 5.04. The Morgan fingerprint density at radius 1 is 1.06 bits per heavy atom. The third-order valence-corrected chi connectivity index (χ3v) is 6.93. The van der Waals surface area contributed by atoms with E-state index >= 15 is 0 Å². The van der Waals surface area contributed by atoms with Gasteiger partial charge in [0.15, 0.2) is 0 Å². The number of rotatable bonds is 7. The van der Waals surface area contributed by atoms with E-state index in [1.165, 1.54) is 37.5 Å². The summed E-state index contributed by atoms with van der Waals surface area (Å²) in [6.07, 6.45) is 6.88. The number of halogens is 2. The smallest absolute Gasteiger partial charge is 0.228 e. The number of nitrogens with zero attached hydrogens (tertiary/aromatic N) is 1. The summed E-state index contributed by atoms with van der Waals surface area (Å²) in [6.45, 7) is 2.39. The Morgan fingerprint density at radius 2 is 1.88 bits per heavy atom. The third kappa shape index (κ3) is 6.78. The molecule has 0 spiro atoms. The summed E-state index contributed by atoms with van der Waals surface area (Å²) in [4.78, 5) is 27.4. The van der Waals surface area contributed by atoms with Crippen LogP contribution in [0.1, 0.15) is 49.7 Å². The quantitative estimate of drug-likeness (QED) is 0.601. The Morgan fingerprint density at radius 3 is 2.67 bits per heavy atom. The van der Waals surface area contributed by atoms with Gasteiger partial charge < -0.3 is 10.6 Å². The van der Waals surface area contributed by atoms with Gasteiger partial charge in [0.05, 0.1) is 12.3 Å². The van der Waals surface area contributed by atoms with Gasteiger partial charge in [0.1, 0.15) is 5.82 Å². The van der Waals surface area contributed by atoms with Crippen molar-refractivity contribution in [3.8, 4) is 0 Å². The Balaban J connectivity index is 1.27. The van der Waals surface area contributed by atoms with Crippen molar-refractivity contribution in [1.29, 1.82) is 0 Å². The number of anilines is 1. The molecule has 1 saturated carbocycles. The lowest BCUT2D eigenvalue weighted by Crippen LogP contribution is -2.40. The second kappa shape index (κ2) is 11.1. The van der Waals surface area contributed by atoms with E-state index in [0.717, 1.165) is 44.5 Å². The molecule has 0 aromatic heterocycles. The van der Waals surface area contributed by atoms with Crippen LogP contribution in [0.4, 0.5) is 10.1 Å². The number of hydrogen-bond donors (Lipinski definition) is 2. The van der Waals surface area contributed by atoms with Crippen LogP contribution in [0.25, 0.3) is 0 Å². The third-order valence-electron chi connectivity index (χ3n) is 6.58. The summed E-state index contributed by atoms with van der Waals surface area (Å²) >= 11 is 6.03. The van der Waals surface area contributed by atoms with Gasteiger partial charge in [0, 0.05) is 29.8 Å². The number of likely N-dealkylation sites (tertiary alicyclic amines) is 1. The van der Waals surface area contributed by atoms with Crippen molar-refractivity contribution in [2.45, 2.75) is 57.5 Å². The van der Waals surface area contributed by atoms with Crippen LogP contribution in [0.5, 0.6) is 0 Å². The van der Waals surface area contributed by atoms with E-state index in [2.05, 4.69) is 15.5 Å². The number of benzene rings is 2. The molecule has 2 N–H and O–H groups in total. The van der Waals surface area contributed by atoms with Crippen LogP contribution in [0.3, 0.4) is 0 Å². The molecule has 5 nitrogen and oxygen atoms in total. The van der Waals surface area contributed by atoms with Gasteiger partial charge in [0.2, 0.25) is 11.8 Å². The molecular weight excluding hydrogens is 441 g/mol. The highest BCUT2D eigenvalue weighted by molar-refractivity contribution is 6.31. The molecule has 1 aliphatic carbocycles. The molecule has 7 heteroatoms.